The van der Waals surface area contributed by atoms with Gasteiger partial charge in [0.2, 0.25) is 0 Å². The van der Waals surface area contributed by atoms with Crippen LogP contribution in [0.15, 0.2) is 42.6 Å². The van der Waals surface area contributed by atoms with E-state index in [1.54, 1.807) is 18.2 Å². The predicted molar refractivity (Wildman–Crippen MR) is 66.8 cm³/mol. The number of alkyl halides is 3. The standard InChI is InChI=1S/C13H10F3N3/c14-13(15,16)9-2-1-3-10(6-9)19-12-5-4-11(7-17)18-8-12/h1-8,17,19H. The largest absolute Gasteiger partial charge is 0.416 e. The molecule has 0 atom stereocenters. The van der Waals surface area contributed by atoms with Gasteiger partial charge in [-0.25, -0.2) is 0 Å². The fraction of sp³-hybridized carbons (Fsp3) is 0.0769. The lowest BCUT2D eigenvalue weighted by molar-refractivity contribution is -0.137. The van der Waals surface area contributed by atoms with Crippen LogP contribution < -0.4 is 5.32 Å². The zero-order valence-corrected chi connectivity index (χ0v) is 9.70. The molecule has 2 rings (SSSR count). The van der Waals surface area contributed by atoms with Gasteiger partial charge in [-0.3, -0.25) is 4.98 Å². The number of anilines is 2. The second-order valence-electron chi connectivity index (χ2n) is 3.82. The first-order valence-electron chi connectivity index (χ1n) is 5.40. The maximum atomic E-state index is 12.5. The minimum Gasteiger partial charge on any atom is -0.354 e. The Labute approximate surface area is 107 Å². The minimum atomic E-state index is -4.36. The van der Waals surface area contributed by atoms with Gasteiger partial charge in [0.15, 0.2) is 0 Å². The molecule has 19 heavy (non-hydrogen) atoms. The normalized spacial score (nSPS) is 11.1. The fourth-order valence-electron chi connectivity index (χ4n) is 1.50. The molecule has 0 aliphatic carbocycles. The van der Waals surface area contributed by atoms with E-state index in [0.29, 0.717) is 17.1 Å². The molecule has 0 fully saturated rings. The molecule has 6 heteroatoms. The van der Waals surface area contributed by atoms with Gasteiger partial charge in [0.05, 0.1) is 23.1 Å². The molecule has 0 spiro atoms. The third kappa shape index (κ3) is 3.31. The highest BCUT2D eigenvalue weighted by Crippen LogP contribution is 2.31. The molecule has 2 N–H and O–H groups in total. The molecule has 2 aromatic rings. The highest BCUT2D eigenvalue weighted by atomic mass is 19.4. The van der Waals surface area contributed by atoms with Crippen molar-refractivity contribution in [2.75, 3.05) is 5.32 Å². The van der Waals surface area contributed by atoms with E-state index in [1.165, 1.54) is 12.3 Å². The molecule has 0 saturated carbocycles. The van der Waals surface area contributed by atoms with Crippen molar-refractivity contribution in [3.63, 3.8) is 0 Å². The van der Waals surface area contributed by atoms with Crippen LogP contribution in [0, 0.1) is 5.41 Å². The van der Waals surface area contributed by atoms with Gasteiger partial charge in [-0.2, -0.15) is 13.2 Å². The lowest BCUT2D eigenvalue weighted by Gasteiger charge is -2.10. The number of hydrogen-bond donors (Lipinski definition) is 2. The molecule has 0 radical (unpaired) electrons. The lowest BCUT2D eigenvalue weighted by Crippen LogP contribution is -2.05. The van der Waals surface area contributed by atoms with Crippen molar-refractivity contribution in [3.8, 4) is 0 Å². The summed E-state index contributed by atoms with van der Waals surface area (Å²) in [5.74, 6) is 0. The summed E-state index contributed by atoms with van der Waals surface area (Å²) in [4.78, 5) is 3.94. The number of halogens is 3. The Morgan fingerprint density at radius 1 is 1.11 bits per heavy atom. The molecule has 1 aromatic carbocycles. The van der Waals surface area contributed by atoms with E-state index in [4.69, 9.17) is 5.41 Å². The van der Waals surface area contributed by atoms with Gasteiger partial charge in [-0.05, 0) is 30.3 Å². The Morgan fingerprint density at radius 3 is 2.47 bits per heavy atom. The number of nitrogens with zero attached hydrogens (tertiary/aromatic N) is 1. The smallest absolute Gasteiger partial charge is 0.354 e. The van der Waals surface area contributed by atoms with Crippen LogP contribution in [0.2, 0.25) is 0 Å². The van der Waals surface area contributed by atoms with Crippen molar-refractivity contribution in [1.29, 1.82) is 5.41 Å². The average molecular weight is 265 g/mol. The summed E-state index contributed by atoms with van der Waals surface area (Å²) in [6.45, 7) is 0. The Bertz CT molecular complexity index is 576. The quantitative estimate of drug-likeness (QED) is 0.828. The van der Waals surface area contributed by atoms with Gasteiger partial charge in [-0.15, -0.1) is 0 Å². The molecule has 0 unspecified atom stereocenters. The van der Waals surface area contributed by atoms with Crippen LogP contribution >= 0.6 is 0 Å². The average Bonchev–Trinajstić information content (AvgIpc) is 2.39. The summed E-state index contributed by atoms with van der Waals surface area (Å²) in [6, 6.07) is 8.17. The van der Waals surface area contributed by atoms with E-state index < -0.39 is 11.7 Å². The molecule has 1 heterocycles. The summed E-state index contributed by atoms with van der Waals surface area (Å²) >= 11 is 0. The van der Waals surface area contributed by atoms with Gasteiger partial charge < -0.3 is 10.7 Å². The van der Waals surface area contributed by atoms with Crippen LogP contribution in [0.1, 0.15) is 11.3 Å². The second kappa shape index (κ2) is 5.09. The molecule has 0 aliphatic rings. The third-order valence-corrected chi connectivity index (χ3v) is 2.41. The molecule has 1 aromatic heterocycles. The van der Waals surface area contributed by atoms with Crippen molar-refractivity contribution >= 4 is 17.6 Å². The Morgan fingerprint density at radius 2 is 1.89 bits per heavy atom. The maximum Gasteiger partial charge on any atom is 0.416 e. The second-order valence-corrected chi connectivity index (χ2v) is 3.82. The Kier molecular flexibility index (Phi) is 3.50. The van der Waals surface area contributed by atoms with Crippen molar-refractivity contribution in [2.45, 2.75) is 6.18 Å². The van der Waals surface area contributed by atoms with Gasteiger partial charge in [0.1, 0.15) is 0 Å². The monoisotopic (exact) mass is 265 g/mol. The molecular formula is C13H10F3N3. The number of nitrogens with one attached hydrogen (secondary N) is 2. The van der Waals surface area contributed by atoms with E-state index in [1.807, 2.05) is 0 Å². The summed E-state index contributed by atoms with van der Waals surface area (Å²) in [5.41, 5.74) is 0.667. The van der Waals surface area contributed by atoms with Gasteiger partial charge in [-0.1, -0.05) is 6.07 Å². The van der Waals surface area contributed by atoms with Crippen molar-refractivity contribution < 1.29 is 13.2 Å². The van der Waals surface area contributed by atoms with Crippen LogP contribution in [0.5, 0.6) is 0 Å². The van der Waals surface area contributed by atoms with Gasteiger partial charge >= 0.3 is 6.18 Å². The first kappa shape index (κ1) is 13.1. The van der Waals surface area contributed by atoms with Crippen molar-refractivity contribution in [3.05, 3.63) is 53.9 Å². The highest BCUT2D eigenvalue weighted by molar-refractivity contribution is 5.74. The Hall–Kier alpha value is -2.37. The van der Waals surface area contributed by atoms with Crippen LogP contribution in [0.4, 0.5) is 24.5 Å². The molecule has 0 amide bonds. The zero-order valence-electron chi connectivity index (χ0n) is 9.70. The van der Waals surface area contributed by atoms with Crippen LogP contribution in [-0.4, -0.2) is 11.2 Å². The van der Waals surface area contributed by atoms with Crippen LogP contribution in [0.3, 0.4) is 0 Å². The number of hydrogen-bond acceptors (Lipinski definition) is 3. The number of benzene rings is 1. The molecular weight excluding hydrogens is 255 g/mol. The SMILES string of the molecule is N=Cc1ccc(Nc2cccc(C(F)(F)F)c2)cn1. The summed E-state index contributed by atoms with van der Waals surface area (Å²) in [6.07, 6.45) is -1.81. The molecule has 98 valence electrons. The van der Waals surface area contributed by atoms with Crippen LogP contribution in [0.25, 0.3) is 0 Å². The number of pyridine rings is 1. The summed E-state index contributed by atoms with van der Waals surface area (Å²) in [7, 11) is 0. The third-order valence-electron chi connectivity index (χ3n) is 2.41. The molecule has 0 saturated heterocycles. The topological polar surface area (TPSA) is 48.8 Å². The molecule has 3 nitrogen and oxygen atoms in total. The molecule has 0 aliphatic heterocycles. The van der Waals surface area contributed by atoms with Gasteiger partial charge in [0.25, 0.3) is 0 Å². The first-order chi connectivity index (χ1) is 8.99. The summed E-state index contributed by atoms with van der Waals surface area (Å²) < 4.78 is 37.6. The summed E-state index contributed by atoms with van der Waals surface area (Å²) in [5, 5.41) is 9.83. The first-order valence-corrected chi connectivity index (χ1v) is 5.40. The van der Waals surface area contributed by atoms with Gasteiger partial charge in [0, 0.05) is 11.9 Å². The number of rotatable bonds is 3. The van der Waals surface area contributed by atoms with E-state index in [-0.39, 0.29) is 0 Å². The maximum absolute atomic E-state index is 12.5. The van der Waals surface area contributed by atoms with Crippen molar-refractivity contribution in [2.24, 2.45) is 0 Å². The highest BCUT2D eigenvalue weighted by Gasteiger charge is 2.30. The fourth-order valence-corrected chi connectivity index (χ4v) is 1.50. The van der Waals surface area contributed by atoms with Crippen molar-refractivity contribution in [1.82, 2.24) is 4.98 Å². The van der Waals surface area contributed by atoms with E-state index in [9.17, 15) is 13.2 Å². The minimum absolute atomic E-state index is 0.333. The molecule has 0 bridgehead atoms. The van der Waals surface area contributed by atoms with E-state index in [2.05, 4.69) is 10.3 Å². The van der Waals surface area contributed by atoms with Crippen LogP contribution in [-0.2, 0) is 6.18 Å². The predicted octanol–water partition coefficient (Wildman–Crippen LogP) is 3.84. The van der Waals surface area contributed by atoms with E-state index in [0.717, 1.165) is 18.3 Å². The zero-order chi connectivity index (χ0) is 13.9. The number of aromatic nitrogens is 1. The lowest BCUT2D eigenvalue weighted by atomic mass is 10.2. The Balaban J connectivity index is 2.20. The van der Waals surface area contributed by atoms with E-state index >= 15 is 0 Å².